The minimum atomic E-state index is 0.671. The SMILES string of the molecule is CCC(C)CC(CC)NCCOC. The van der Waals surface area contributed by atoms with Crippen molar-refractivity contribution in [3.63, 3.8) is 0 Å². The first-order valence-electron chi connectivity index (χ1n) is 5.46. The van der Waals surface area contributed by atoms with Crippen LogP contribution in [0, 0.1) is 5.92 Å². The summed E-state index contributed by atoms with van der Waals surface area (Å²) in [6, 6.07) is 0.671. The third kappa shape index (κ3) is 7.03. The fourth-order valence-electron chi connectivity index (χ4n) is 1.41. The van der Waals surface area contributed by atoms with Gasteiger partial charge in [-0.15, -0.1) is 0 Å². The number of hydrogen-bond acceptors (Lipinski definition) is 2. The third-order valence-corrected chi connectivity index (χ3v) is 2.62. The van der Waals surface area contributed by atoms with Crippen LogP contribution in [0.2, 0.25) is 0 Å². The molecule has 2 unspecified atom stereocenters. The van der Waals surface area contributed by atoms with Crippen LogP contribution in [-0.4, -0.2) is 26.3 Å². The molecule has 2 heteroatoms. The Morgan fingerprint density at radius 2 is 1.92 bits per heavy atom. The van der Waals surface area contributed by atoms with Crippen LogP contribution in [0.3, 0.4) is 0 Å². The molecule has 0 saturated heterocycles. The van der Waals surface area contributed by atoms with E-state index in [2.05, 4.69) is 26.1 Å². The van der Waals surface area contributed by atoms with Crippen LogP contribution in [0.4, 0.5) is 0 Å². The molecule has 0 spiro atoms. The Morgan fingerprint density at radius 3 is 2.38 bits per heavy atom. The van der Waals surface area contributed by atoms with E-state index < -0.39 is 0 Å². The molecule has 0 aliphatic heterocycles. The summed E-state index contributed by atoms with van der Waals surface area (Å²) in [4.78, 5) is 0. The predicted molar refractivity (Wildman–Crippen MR) is 58.0 cm³/mol. The monoisotopic (exact) mass is 187 g/mol. The van der Waals surface area contributed by atoms with Gasteiger partial charge in [0.1, 0.15) is 0 Å². The summed E-state index contributed by atoms with van der Waals surface area (Å²) in [5.74, 6) is 0.833. The molecule has 80 valence electrons. The van der Waals surface area contributed by atoms with Crippen molar-refractivity contribution in [1.82, 2.24) is 5.32 Å². The molecule has 2 atom stereocenters. The molecule has 0 bridgehead atoms. The summed E-state index contributed by atoms with van der Waals surface area (Å²) in [6.07, 6.45) is 3.78. The highest BCUT2D eigenvalue weighted by molar-refractivity contribution is 4.67. The van der Waals surface area contributed by atoms with E-state index in [0.29, 0.717) is 6.04 Å². The van der Waals surface area contributed by atoms with Gasteiger partial charge in [0.15, 0.2) is 0 Å². The van der Waals surface area contributed by atoms with Crippen LogP contribution < -0.4 is 5.32 Å². The molecule has 0 fully saturated rings. The molecule has 0 aliphatic rings. The van der Waals surface area contributed by atoms with Gasteiger partial charge in [-0.1, -0.05) is 27.2 Å². The Labute approximate surface area is 83.1 Å². The van der Waals surface area contributed by atoms with Crippen molar-refractivity contribution in [3.8, 4) is 0 Å². The maximum Gasteiger partial charge on any atom is 0.0587 e. The molecule has 0 saturated carbocycles. The molecular formula is C11H25NO. The average molecular weight is 187 g/mol. The van der Waals surface area contributed by atoms with Crippen molar-refractivity contribution < 1.29 is 4.74 Å². The van der Waals surface area contributed by atoms with Gasteiger partial charge in [-0.05, 0) is 18.8 Å². The average Bonchev–Trinajstić information content (AvgIpc) is 2.16. The number of methoxy groups -OCH3 is 1. The zero-order chi connectivity index (χ0) is 10.1. The maximum absolute atomic E-state index is 5.01. The molecule has 1 N–H and O–H groups in total. The molecule has 0 amide bonds. The molecular weight excluding hydrogens is 162 g/mol. The Bertz CT molecular complexity index is 106. The summed E-state index contributed by atoms with van der Waals surface area (Å²) in [5.41, 5.74) is 0. The van der Waals surface area contributed by atoms with E-state index in [-0.39, 0.29) is 0 Å². The van der Waals surface area contributed by atoms with Crippen molar-refractivity contribution in [3.05, 3.63) is 0 Å². The lowest BCUT2D eigenvalue weighted by Gasteiger charge is -2.20. The van der Waals surface area contributed by atoms with Crippen molar-refractivity contribution in [2.24, 2.45) is 5.92 Å². The van der Waals surface area contributed by atoms with Gasteiger partial charge in [-0.3, -0.25) is 0 Å². The predicted octanol–water partition coefficient (Wildman–Crippen LogP) is 2.44. The molecule has 0 aliphatic carbocycles. The van der Waals surface area contributed by atoms with Crippen LogP contribution in [-0.2, 0) is 4.74 Å². The number of rotatable bonds is 8. The fraction of sp³-hybridized carbons (Fsp3) is 1.00. The highest BCUT2D eigenvalue weighted by Gasteiger charge is 2.08. The zero-order valence-electron chi connectivity index (χ0n) is 9.60. The summed E-state index contributed by atoms with van der Waals surface area (Å²) < 4.78 is 5.01. The molecule has 0 heterocycles. The quantitative estimate of drug-likeness (QED) is 0.589. The van der Waals surface area contributed by atoms with Gasteiger partial charge >= 0.3 is 0 Å². The van der Waals surface area contributed by atoms with E-state index in [4.69, 9.17) is 4.74 Å². The topological polar surface area (TPSA) is 21.3 Å². The second kappa shape index (κ2) is 8.52. The Hall–Kier alpha value is -0.0800. The smallest absolute Gasteiger partial charge is 0.0587 e. The third-order valence-electron chi connectivity index (χ3n) is 2.62. The maximum atomic E-state index is 5.01. The van der Waals surface area contributed by atoms with Crippen molar-refractivity contribution in [2.75, 3.05) is 20.3 Å². The highest BCUT2D eigenvalue weighted by Crippen LogP contribution is 2.11. The second-order valence-corrected chi connectivity index (χ2v) is 3.80. The number of nitrogens with one attached hydrogen (secondary N) is 1. The number of ether oxygens (including phenoxy) is 1. The molecule has 0 radical (unpaired) electrons. The minimum absolute atomic E-state index is 0.671. The van der Waals surface area contributed by atoms with Gasteiger partial charge in [0.25, 0.3) is 0 Å². The fourth-order valence-corrected chi connectivity index (χ4v) is 1.41. The van der Waals surface area contributed by atoms with Crippen molar-refractivity contribution in [2.45, 2.75) is 46.1 Å². The van der Waals surface area contributed by atoms with Crippen molar-refractivity contribution >= 4 is 0 Å². The molecule has 2 nitrogen and oxygen atoms in total. The van der Waals surface area contributed by atoms with E-state index in [1.165, 1.54) is 19.3 Å². The summed E-state index contributed by atoms with van der Waals surface area (Å²) in [7, 11) is 1.75. The van der Waals surface area contributed by atoms with Crippen LogP contribution in [0.15, 0.2) is 0 Å². The number of hydrogen-bond donors (Lipinski definition) is 1. The van der Waals surface area contributed by atoms with Crippen LogP contribution in [0.25, 0.3) is 0 Å². The molecule has 0 aromatic rings. The Kier molecular flexibility index (Phi) is 8.46. The lowest BCUT2D eigenvalue weighted by molar-refractivity contribution is 0.193. The lowest BCUT2D eigenvalue weighted by Crippen LogP contribution is -2.32. The van der Waals surface area contributed by atoms with Gasteiger partial charge < -0.3 is 10.1 Å². The molecule has 0 rings (SSSR count). The molecule has 0 aromatic heterocycles. The summed E-state index contributed by atoms with van der Waals surface area (Å²) in [6.45, 7) is 8.61. The highest BCUT2D eigenvalue weighted by atomic mass is 16.5. The largest absolute Gasteiger partial charge is 0.383 e. The van der Waals surface area contributed by atoms with Crippen LogP contribution >= 0.6 is 0 Å². The first-order chi connectivity index (χ1) is 6.24. The van der Waals surface area contributed by atoms with Gasteiger partial charge in [-0.25, -0.2) is 0 Å². The van der Waals surface area contributed by atoms with E-state index in [1.54, 1.807) is 7.11 Å². The Balaban J connectivity index is 3.50. The van der Waals surface area contributed by atoms with Crippen molar-refractivity contribution in [1.29, 1.82) is 0 Å². The minimum Gasteiger partial charge on any atom is -0.383 e. The van der Waals surface area contributed by atoms with Gasteiger partial charge in [0.05, 0.1) is 6.61 Å². The summed E-state index contributed by atoms with van der Waals surface area (Å²) in [5, 5.41) is 3.51. The summed E-state index contributed by atoms with van der Waals surface area (Å²) >= 11 is 0. The van der Waals surface area contributed by atoms with E-state index in [0.717, 1.165) is 19.1 Å². The van der Waals surface area contributed by atoms with Crippen LogP contribution in [0.5, 0.6) is 0 Å². The second-order valence-electron chi connectivity index (χ2n) is 3.80. The van der Waals surface area contributed by atoms with E-state index in [1.807, 2.05) is 0 Å². The van der Waals surface area contributed by atoms with Gasteiger partial charge in [0, 0.05) is 19.7 Å². The first-order valence-corrected chi connectivity index (χ1v) is 5.46. The van der Waals surface area contributed by atoms with Gasteiger partial charge in [-0.2, -0.15) is 0 Å². The Morgan fingerprint density at radius 1 is 1.23 bits per heavy atom. The van der Waals surface area contributed by atoms with E-state index >= 15 is 0 Å². The first kappa shape index (κ1) is 12.9. The standard InChI is InChI=1S/C11H25NO/c1-5-10(3)9-11(6-2)12-7-8-13-4/h10-12H,5-9H2,1-4H3. The zero-order valence-corrected chi connectivity index (χ0v) is 9.60. The van der Waals surface area contributed by atoms with Gasteiger partial charge in [0.2, 0.25) is 0 Å². The van der Waals surface area contributed by atoms with Crippen LogP contribution in [0.1, 0.15) is 40.0 Å². The normalized spacial score (nSPS) is 15.7. The van der Waals surface area contributed by atoms with E-state index in [9.17, 15) is 0 Å². The lowest BCUT2D eigenvalue weighted by atomic mass is 9.98. The molecule has 13 heavy (non-hydrogen) atoms. The molecule has 0 aromatic carbocycles.